The number of anilines is 2. The van der Waals surface area contributed by atoms with Crippen molar-refractivity contribution in [3.05, 3.63) is 58.1 Å². The van der Waals surface area contributed by atoms with E-state index in [-0.39, 0.29) is 11.7 Å². The fraction of sp³-hybridized carbons (Fsp3) is 0.200. The van der Waals surface area contributed by atoms with E-state index in [2.05, 4.69) is 21.2 Å². The molecule has 6 heteroatoms. The third-order valence-corrected chi connectivity index (χ3v) is 3.56. The van der Waals surface area contributed by atoms with Crippen molar-refractivity contribution in [2.45, 2.75) is 19.1 Å². The Balaban J connectivity index is 2.32. The molecule has 0 heterocycles. The molecule has 0 aliphatic rings. The molecule has 0 bridgehead atoms. The average Bonchev–Trinajstić information content (AvgIpc) is 2.37. The molecule has 21 heavy (non-hydrogen) atoms. The van der Waals surface area contributed by atoms with Crippen LogP contribution in [-0.2, 0) is 6.18 Å². The Morgan fingerprint density at radius 1 is 1.14 bits per heavy atom. The summed E-state index contributed by atoms with van der Waals surface area (Å²) in [5.74, 6) is 0. The van der Waals surface area contributed by atoms with Crippen LogP contribution < -0.4 is 11.1 Å². The van der Waals surface area contributed by atoms with E-state index < -0.39 is 11.7 Å². The van der Waals surface area contributed by atoms with E-state index in [1.807, 2.05) is 6.07 Å². The SMILES string of the molecule is CC(Nc1cc(Br)ccc1C(F)(F)F)c1cccc(N)c1. The number of nitrogens with two attached hydrogens (primary N) is 1. The van der Waals surface area contributed by atoms with Gasteiger partial charge in [0.2, 0.25) is 0 Å². The number of benzene rings is 2. The Hall–Kier alpha value is -1.69. The lowest BCUT2D eigenvalue weighted by Crippen LogP contribution is -2.13. The summed E-state index contributed by atoms with van der Waals surface area (Å²) in [5, 5.41) is 2.90. The summed E-state index contributed by atoms with van der Waals surface area (Å²) >= 11 is 3.19. The Morgan fingerprint density at radius 3 is 2.48 bits per heavy atom. The Bertz CT molecular complexity index is 641. The maximum absolute atomic E-state index is 13.0. The number of rotatable bonds is 3. The van der Waals surface area contributed by atoms with E-state index in [0.717, 1.165) is 11.6 Å². The largest absolute Gasteiger partial charge is 0.418 e. The highest BCUT2D eigenvalue weighted by molar-refractivity contribution is 9.10. The fourth-order valence-electron chi connectivity index (χ4n) is 2.03. The van der Waals surface area contributed by atoms with E-state index in [0.29, 0.717) is 10.2 Å². The lowest BCUT2D eigenvalue weighted by molar-refractivity contribution is -0.137. The van der Waals surface area contributed by atoms with Crippen LogP contribution in [0.3, 0.4) is 0 Å². The molecule has 0 aliphatic heterocycles. The van der Waals surface area contributed by atoms with Crippen LogP contribution in [0.15, 0.2) is 46.9 Å². The minimum atomic E-state index is -4.40. The average molecular weight is 359 g/mol. The number of nitrogen functional groups attached to an aromatic ring is 1. The van der Waals surface area contributed by atoms with Gasteiger partial charge in [0.25, 0.3) is 0 Å². The molecule has 1 atom stereocenters. The molecular formula is C15H14BrF3N2. The highest BCUT2D eigenvalue weighted by Crippen LogP contribution is 2.37. The second-order valence-corrected chi connectivity index (χ2v) is 5.64. The van der Waals surface area contributed by atoms with E-state index in [9.17, 15) is 13.2 Å². The molecule has 2 aromatic carbocycles. The zero-order chi connectivity index (χ0) is 15.6. The van der Waals surface area contributed by atoms with Crippen molar-refractivity contribution < 1.29 is 13.2 Å². The van der Waals surface area contributed by atoms with Gasteiger partial charge in [-0.05, 0) is 42.8 Å². The van der Waals surface area contributed by atoms with Gasteiger partial charge in [0.05, 0.1) is 5.56 Å². The molecular weight excluding hydrogens is 345 g/mol. The smallest absolute Gasteiger partial charge is 0.399 e. The molecule has 0 aromatic heterocycles. The minimum absolute atomic E-state index is 0.0341. The molecule has 0 radical (unpaired) electrons. The van der Waals surface area contributed by atoms with Gasteiger partial charge < -0.3 is 11.1 Å². The molecule has 0 saturated carbocycles. The molecule has 2 aromatic rings. The highest BCUT2D eigenvalue weighted by Gasteiger charge is 2.33. The van der Waals surface area contributed by atoms with Crippen molar-refractivity contribution in [1.29, 1.82) is 0 Å². The van der Waals surface area contributed by atoms with Gasteiger partial charge in [-0.1, -0.05) is 28.1 Å². The van der Waals surface area contributed by atoms with Gasteiger partial charge in [-0.2, -0.15) is 13.2 Å². The van der Waals surface area contributed by atoms with Crippen molar-refractivity contribution in [2.24, 2.45) is 0 Å². The molecule has 0 saturated heterocycles. The van der Waals surface area contributed by atoms with Crippen molar-refractivity contribution in [2.75, 3.05) is 11.1 Å². The number of hydrogen-bond donors (Lipinski definition) is 2. The predicted octanol–water partition coefficient (Wildman–Crippen LogP) is 5.22. The molecule has 0 amide bonds. The van der Waals surface area contributed by atoms with Crippen molar-refractivity contribution >= 4 is 27.3 Å². The van der Waals surface area contributed by atoms with E-state index in [4.69, 9.17) is 5.73 Å². The first kappa shape index (κ1) is 15.7. The number of alkyl halides is 3. The van der Waals surface area contributed by atoms with Crippen molar-refractivity contribution in [3.63, 3.8) is 0 Å². The highest BCUT2D eigenvalue weighted by atomic mass is 79.9. The molecule has 0 fully saturated rings. The number of nitrogens with one attached hydrogen (secondary N) is 1. The maximum atomic E-state index is 13.0. The third kappa shape index (κ3) is 3.91. The molecule has 2 nitrogen and oxygen atoms in total. The lowest BCUT2D eigenvalue weighted by Gasteiger charge is -2.20. The predicted molar refractivity (Wildman–Crippen MR) is 82.0 cm³/mol. The van der Waals surface area contributed by atoms with Crippen LogP contribution in [0, 0.1) is 0 Å². The maximum Gasteiger partial charge on any atom is 0.418 e. The first-order valence-electron chi connectivity index (χ1n) is 6.26. The summed E-state index contributed by atoms with van der Waals surface area (Å²) in [4.78, 5) is 0. The van der Waals surface area contributed by atoms with Gasteiger partial charge in [-0.3, -0.25) is 0 Å². The summed E-state index contributed by atoms with van der Waals surface area (Å²) in [6.45, 7) is 1.79. The molecule has 0 spiro atoms. The first-order valence-corrected chi connectivity index (χ1v) is 7.05. The summed E-state index contributed by atoms with van der Waals surface area (Å²) in [5.41, 5.74) is 6.44. The standard InChI is InChI=1S/C15H14BrF3N2/c1-9(10-3-2-4-12(20)7-10)21-14-8-11(16)5-6-13(14)15(17,18)19/h2-9,21H,20H2,1H3. The fourth-order valence-corrected chi connectivity index (χ4v) is 2.39. The van der Waals surface area contributed by atoms with Crippen LogP contribution in [0.4, 0.5) is 24.5 Å². The summed E-state index contributed by atoms with van der Waals surface area (Å²) < 4.78 is 39.6. The lowest BCUT2D eigenvalue weighted by atomic mass is 10.1. The Labute approximate surface area is 129 Å². The van der Waals surface area contributed by atoms with Gasteiger partial charge in [-0.15, -0.1) is 0 Å². The summed E-state index contributed by atoms with van der Waals surface area (Å²) in [6.07, 6.45) is -4.40. The Kier molecular flexibility index (Phi) is 4.46. The first-order chi connectivity index (χ1) is 9.77. The summed E-state index contributed by atoms with van der Waals surface area (Å²) in [7, 11) is 0. The van der Waals surface area contributed by atoms with Crippen LogP contribution in [0.2, 0.25) is 0 Å². The van der Waals surface area contributed by atoms with Gasteiger partial charge in [0, 0.05) is 21.9 Å². The summed E-state index contributed by atoms with van der Waals surface area (Å²) in [6, 6.07) is 10.6. The molecule has 0 aliphatic carbocycles. The minimum Gasteiger partial charge on any atom is -0.399 e. The topological polar surface area (TPSA) is 38.0 Å². The third-order valence-electron chi connectivity index (χ3n) is 3.07. The van der Waals surface area contributed by atoms with Crippen LogP contribution >= 0.6 is 15.9 Å². The van der Waals surface area contributed by atoms with Gasteiger partial charge >= 0.3 is 6.18 Å². The van der Waals surface area contributed by atoms with Crippen molar-refractivity contribution in [1.82, 2.24) is 0 Å². The second-order valence-electron chi connectivity index (χ2n) is 4.72. The normalized spacial score (nSPS) is 13.0. The quantitative estimate of drug-likeness (QED) is 0.737. The molecule has 1 unspecified atom stereocenters. The number of halogens is 4. The molecule has 2 rings (SSSR count). The zero-order valence-electron chi connectivity index (χ0n) is 11.2. The van der Waals surface area contributed by atoms with E-state index in [1.165, 1.54) is 12.1 Å². The van der Waals surface area contributed by atoms with Gasteiger partial charge in [-0.25, -0.2) is 0 Å². The Morgan fingerprint density at radius 2 is 1.86 bits per heavy atom. The number of hydrogen-bond acceptors (Lipinski definition) is 2. The van der Waals surface area contributed by atoms with Crippen LogP contribution in [-0.4, -0.2) is 0 Å². The molecule has 3 N–H and O–H groups in total. The molecule has 112 valence electrons. The zero-order valence-corrected chi connectivity index (χ0v) is 12.8. The second kappa shape index (κ2) is 5.97. The van der Waals surface area contributed by atoms with Crippen LogP contribution in [0.25, 0.3) is 0 Å². The van der Waals surface area contributed by atoms with E-state index in [1.54, 1.807) is 25.1 Å². The van der Waals surface area contributed by atoms with E-state index >= 15 is 0 Å². The van der Waals surface area contributed by atoms with Gasteiger partial charge in [0.15, 0.2) is 0 Å². The van der Waals surface area contributed by atoms with Crippen LogP contribution in [0.1, 0.15) is 24.1 Å². The monoisotopic (exact) mass is 358 g/mol. The van der Waals surface area contributed by atoms with Gasteiger partial charge in [0.1, 0.15) is 0 Å². The van der Waals surface area contributed by atoms with Crippen LogP contribution in [0.5, 0.6) is 0 Å². The van der Waals surface area contributed by atoms with Crippen molar-refractivity contribution in [3.8, 4) is 0 Å².